The predicted octanol–water partition coefficient (Wildman–Crippen LogP) is 3.22. The number of hydrogen-bond donors (Lipinski definition) is 0. The molecule has 0 N–H and O–H groups in total. The fourth-order valence-corrected chi connectivity index (χ4v) is 1.42. The molecule has 0 fully saturated rings. The molecule has 0 amide bonds. The van der Waals surface area contributed by atoms with Crippen LogP contribution < -0.4 is 0 Å². The Kier molecular flexibility index (Phi) is 2.97. The summed E-state index contributed by atoms with van der Waals surface area (Å²) in [6.45, 7) is 6.20. The predicted molar refractivity (Wildman–Crippen MR) is 59.3 cm³/mol. The van der Waals surface area contributed by atoms with Crippen molar-refractivity contribution in [2.24, 2.45) is 4.36 Å². The van der Waals surface area contributed by atoms with Crippen LogP contribution in [0.4, 0.5) is 5.69 Å². The van der Waals surface area contributed by atoms with Gasteiger partial charge in [0.05, 0.1) is 17.3 Å². The van der Waals surface area contributed by atoms with E-state index in [1.807, 2.05) is 6.07 Å². The molecule has 0 aliphatic rings. The lowest BCUT2D eigenvalue weighted by molar-refractivity contribution is 0.588. The van der Waals surface area contributed by atoms with Gasteiger partial charge >= 0.3 is 0 Å². The molecule has 3 heteroatoms. The van der Waals surface area contributed by atoms with Crippen molar-refractivity contribution < 1.29 is 0 Å². The molecule has 0 saturated heterocycles. The summed E-state index contributed by atoms with van der Waals surface area (Å²) in [7, 11) is 0. The van der Waals surface area contributed by atoms with Crippen LogP contribution in [-0.2, 0) is 17.8 Å². The summed E-state index contributed by atoms with van der Waals surface area (Å²) in [4.78, 5) is 0. The first-order valence-electron chi connectivity index (χ1n) is 4.37. The summed E-state index contributed by atoms with van der Waals surface area (Å²) in [5, 5.41) is 8.94. The highest BCUT2D eigenvalue weighted by Gasteiger charge is 2.18. The van der Waals surface area contributed by atoms with Gasteiger partial charge in [-0.05, 0) is 29.2 Å². The number of nitriles is 1. The van der Waals surface area contributed by atoms with Gasteiger partial charge in [0.2, 0.25) is 0 Å². The SMILES string of the molecule is CC(C)(C)c1cc(N=S)ccc1C#N. The molecular formula is C11H12N2S. The third-order valence-electron chi connectivity index (χ3n) is 2.04. The highest BCUT2D eigenvalue weighted by atomic mass is 32.1. The van der Waals surface area contributed by atoms with E-state index >= 15 is 0 Å². The van der Waals surface area contributed by atoms with E-state index < -0.39 is 0 Å². The minimum absolute atomic E-state index is 0.0545. The summed E-state index contributed by atoms with van der Waals surface area (Å²) in [5.74, 6) is 0. The molecule has 0 unspecified atom stereocenters. The van der Waals surface area contributed by atoms with Crippen LogP contribution in [0.25, 0.3) is 0 Å². The average molecular weight is 204 g/mol. The normalized spacial score (nSPS) is 10.7. The molecule has 0 spiro atoms. The standard InChI is InChI=1S/C11H12N2S/c1-11(2,3)10-6-9(13-14)5-4-8(10)7-12/h4-6H,1-3H3. The third-order valence-corrected chi connectivity index (χ3v) is 2.25. The Balaban J connectivity index is 3.38. The lowest BCUT2D eigenvalue weighted by Gasteiger charge is -2.20. The van der Waals surface area contributed by atoms with Crippen molar-refractivity contribution in [2.45, 2.75) is 26.2 Å². The Bertz CT molecular complexity index is 397. The Morgan fingerprint density at radius 3 is 2.43 bits per heavy atom. The molecule has 1 aromatic carbocycles. The molecule has 0 atom stereocenters. The van der Waals surface area contributed by atoms with Gasteiger partial charge < -0.3 is 0 Å². The van der Waals surface area contributed by atoms with E-state index in [-0.39, 0.29) is 5.41 Å². The van der Waals surface area contributed by atoms with Crippen molar-refractivity contribution in [3.8, 4) is 6.07 Å². The van der Waals surface area contributed by atoms with Crippen LogP contribution in [0.3, 0.4) is 0 Å². The van der Waals surface area contributed by atoms with Crippen LogP contribution in [0.15, 0.2) is 22.6 Å². The Hall–Kier alpha value is -1.27. The number of nitrogens with zero attached hydrogens (tertiary/aromatic N) is 2. The van der Waals surface area contributed by atoms with Gasteiger partial charge in [-0.1, -0.05) is 20.8 Å². The molecule has 0 saturated carbocycles. The van der Waals surface area contributed by atoms with E-state index in [1.165, 1.54) is 0 Å². The fraction of sp³-hybridized carbons (Fsp3) is 0.364. The lowest BCUT2D eigenvalue weighted by atomic mass is 9.84. The third kappa shape index (κ3) is 2.15. The fourth-order valence-electron chi connectivity index (χ4n) is 1.31. The molecule has 72 valence electrons. The number of rotatable bonds is 1. The summed E-state index contributed by atoms with van der Waals surface area (Å²) in [6, 6.07) is 7.59. The molecule has 2 nitrogen and oxygen atoms in total. The zero-order valence-corrected chi connectivity index (χ0v) is 9.35. The molecule has 0 aliphatic heterocycles. The highest BCUT2D eigenvalue weighted by molar-refractivity contribution is 7.47. The van der Waals surface area contributed by atoms with Crippen LogP contribution >= 0.6 is 0 Å². The summed E-state index contributed by atoms with van der Waals surface area (Å²) in [5.41, 5.74) is 2.37. The molecular weight excluding hydrogens is 192 g/mol. The van der Waals surface area contributed by atoms with Gasteiger partial charge in [-0.25, -0.2) is 0 Å². The number of benzene rings is 1. The monoisotopic (exact) mass is 204 g/mol. The smallest absolute Gasteiger partial charge is 0.0994 e. The van der Waals surface area contributed by atoms with E-state index in [1.54, 1.807) is 12.1 Å². The van der Waals surface area contributed by atoms with E-state index in [2.05, 4.69) is 43.6 Å². The van der Waals surface area contributed by atoms with Gasteiger partial charge in [-0.3, -0.25) is 0 Å². The van der Waals surface area contributed by atoms with E-state index in [0.717, 1.165) is 11.3 Å². The molecule has 14 heavy (non-hydrogen) atoms. The highest BCUT2D eigenvalue weighted by Crippen LogP contribution is 2.28. The zero-order valence-electron chi connectivity index (χ0n) is 8.53. The zero-order chi connectivity index (χ0) is 10.8. The minimum atomic E-state index is -0.0545. The summed E-state index contributed by atoms with van der Waals surface area (Å²) in [6.07, 6.45) is 0. The molecule has 1 rings (SSSR count). The maximum absolute atomic E-state index is 8.94. The quantitative estimate of drug-likeness (QED) is 0.704. The van der Waals surface area contributed by atoms with E-state index in [0.29, 0.717) is 5.56 Å². The second-order valence-corrected chi connectivity index (χ2v) is 4.37. The Labute approximate surface area is 89.7 Å². The maximum Gasteiger partial charge on any atom is 0.0994 e. The van der Waals surface area contributed by atoms with Gasteiger partial charge in [-0.2, -0.15) is 9.62 Å². The first kappa shape index (κ1) is 10.8. The van der Waals surface area contributed by atoms with Gasteiger partial charge in [0.1, 0.15) is 0 Å². The van der Waals surface area contributed by atoms with Crippen LogP contribution in [0, 0.1) is 11.3 Å². The van der Waals surface area contributed by atoms with Crippen LogP contribution in [0.1, 0.15) is 31.9 Å². The second-order valence-electron chi connectivity index (χ2n) is 4.18. The average Bonchev–Trinajstić information content (AvgIpc) is 2.15. The first-order chi connectivity index (χ1) is 6.49. The molecule has 0 heterocycles. The molecule has 1 aromatic rings. The van der Waals surface area contributed by atoms with Crippen LogP contribution in [-0.4, -0.2) is 0 Å². The topological polar surface area (TPSA) is 36.1 Å². The van der Waals surface area contributed by atoms with Crippen molar-refractivity contribution >= 4 is 18.1 Å². The van der Waals surface area contributed by atoms with Crippen molar-refractivity contribution in [1.29, 1.82) is 5.26 Å². The van der Waals surface area contributed by atoms with E-state index in [9.17, 15) is 0 Å². The molecule has 0 radical (unpaired) electrons. The summed E-state index contributed by atoms with van der Waals surface area (Å²) >= 11 is 4.62. The van der Waals surface area contributed by atoms with Crippen LogP contribution in [0.5, 0.6) is 0 Å². The minimum Gasteiger partial charge on any atom is -0.192 e. The van der Waals surface area contributed by atoms with Crippen LogP contribution in [0.2, 0.25) is 0 Å². The number of hydrogen-bond acceptors (Lipinski definition) is 3. The largest absolute Gasteiger partial charge is 0.192 e. The van der Waals surface area contributed by atoms with E-state index in [4.69, 9.17) is 5.26 Å². The summed E-state index contributed by atoms with van der Waals surface area (Å²) < 4.78 is 3.69. The van der Waals surface area contributed by atoms with Gasteiger partial charge in [0.25, 0.3) is 0 Å². The molecule has 0 aliphatic carbocycles. The maximum atomic E-state index is 8.94. The molecule has 0 bridgehead atoms. The van der Waals surface area contributed by atoms with Gasteiger partial charge in [0, 0.05) is 12.4 Å². The Morgan fingerprint density at radius 2 is 2.00 bits per heavy atom. The van der Waals surface area contributed by atoms with Crippen molar-refractivity contribution in [1.82, 2.24) is 0 Å². The lowest BCUT2D eigenvalue weighted by Crippen LogP contribution is -2.12. The first-order valence-corrected chi connectivity index (χ1v) is 4.73. The van der Waals surface area contributed by atoms with Gasteiger partial charge in [-0.15, -0.1) is 0 Å². The van der Waals surface area contributed by atoms with Gasteiger partial charge in [0.15, 0.2) is 0 Å². The molecule has 0 aromatic heterocycles. The Morgan fingerprint density at radius 1 is 1.36 bits per heavy atom. The van der Waals surface area contributed by atoms with Crippen molar-refractivity contribution in [3.05, 3.63) is 29.3 Å². The van der Waals surface area contributed by atoms with Crippen molar-refractivity contribution in [3.63, 3.8) is 0 Å². The van der Waals surface area contributed by atoms with Crippen molar-refractivity contribution in [2.75, 3.05) is 0 Å². The second kappa shape index (κ2) is 3.85.